The lowest BCUT2D eigenvalue weighted by molar-refractivity contribution is 0.199. The Balaban J connectivity index is 2.12. The highest BCUT2D eigenvalue weighted by molar-refractivity contribution is 7.17. The molecule has 0 radical (unpaired) electrons. The fourth-order valence-electron chi connectivity index (χ4n) is 2.58. The van der Waals surface area contributed by atoms with Crippen molar-refractivity contribution in [3.8, 4) is 0 Å². The smallest absolute Gasteiger partial charge is 0.194 e. The van der Waals surface area contributed by atoms with E-state index in [4.69, 9.17) is 4.98 Å². The number of fused-ring (bicyclic) bond motifs is 3. The topological polar surface area (TPSA) is 20.5 Å². The fraction of sp³-hybridized carbons (Fsp3) is 0.615. The molecular formula is C13H19N3S. The van der Waals surface area contributed by atoms with Crippen LogP contribution in [0, 0.1) is 13.8 Å². The number of thiazole rings is 1. The van der Waals surface area contributed by atoms with Crippen LogP contribution in [0.25, 0.3) is 4.96 Å². The molecule has 0 N–H and O–H groups in total. The Kier molecular flexibility index (Phi) is 2.52. The van der Waals surface area contributed by atoms with Gasteiger partial charge in [0, 0.05) is 36.1 Å². The van der Waals surface area contributed by atoms with Gasteiger partial charge in [0.1, 0.15) is 0 Å². The molecule has 0 atom stereocenters. The molecule has 1 aliphatic heterocycles. The molecule has 0 spiro atoms. The zero-order valence-corrected chi connectivity index (χ0v) is 11.8. The van der Waals surface area contributed by atoms with Crippen molar-refractivity contribution in [2.24, 2.45) is 0 Å². The molecule has 0 aliphatic carbocycles. The van der Waals surface area contributed by atoms with Crippen LogP contribution in [0.3, 0.4) is 0 Å². The third kappa shape index (κ3) is 1.62. The van der Waals surface area contributed by atoms with Crippen LogP contribution >= 0.6 is 11.3 Å². The molecule has 92 valence electrons. The van der Waals surface area contributed by atoms with E-state index in [1.807, 2.05) is 11.3 Å². The van der Waals surface area contributed by atoms with Gasteiger partial charge in [-0.2, -0.15) is 0 Å². The Bertz CT molecular complexity index is 565. The average Bonchev–Trinajstić information content (AvgIpc) is 2.76. The summed E-state index contributed by atoms with van der Waals surface area (Å²) < 4.78 is 2.36. The first-order valence-corrected chi connectivity index (χ1v) is 7.10. The second-order valence-corrected chi connectivity index (χ2v) is 6.36. The van der Waals surface area contributed by atoms with Crippen LogP contribution in [0.4, 0.5) is 0 Å². The predicted octanol–water partition coefficient (Wildman–Crippen LogP) is 2.78. The highest BCUT2D eigenvalue weighted by Gasteiger charge is 2.24. The van der Waals surface area contributed by atoms with Crippen molar-refractivity contribution < 1.29 is 0 Å². The lowest BCUT2D eigenvalue weighted by Crippen LogP contribution is -2.36. The van der Waals surface area contributed by atoms with Crippen LogP contribution in [0.5, 0.6) is 0 Å². The van der Waals surface area contributed by atoms with Gasteiger partial charge in [0.15, 0.2) is 4.96 Å². The molecule has 3 heterocycles. The fourth-order valence-corrected chi connectivity index (χ4v) is 3.59. The molecule has 0 bridgehead atoms. The lowest BCUT2D eigenvalue weighted by atomic mass is 10.1. The van der Waals surface area contributed by atoms with E-state index in [2.05, 4.69) is 37.0 Å². The number of nitrogens with zero attached hydrogens (tertiary/aromatic N) is 3. The number of hydrogen-bond donors (Lipinski definition) is 0. The lowest BCUT2D eigenvalue weighted by Gasteiger charge is -2.30. The highest BCUT2D eigenvalue weighted by atomic mass is 32.1. The van der Waals surface area contributed by atoms with Gasteiger partial charge in [0.2, 0.25) is 0 Å². The summed E-state index contributed by atoms with van der Waals surface area (Å²) in [5.74, 6) is 0. The summed E-state index contributed by atoms with van der Waals surface area (Å²) in [7, 11) is 0. The number of aromatic nitrogens is 2. The van der Waals surface area contributed by atoms with Crippen molar-refractivity contribution in [1.82, 2.24) is 14.3 Å². The van der Waals surface area contributed by atoms with Crippen molar-refractivity contribution in [1.29, 1.82) is 0 Å². The van der Waals surface area contributed by atoms with Gasteiger partial charge in [0.25, 0.3) is 0 Å². The van der Waals surface area contributed by atoms with Crippen molar-refractivity contribution in [3.63, 3.8) is 0 Å². The van der Waals surface area contributed by atoms with Gasteiger partial charge in [-0.3, -0.25) is 9.30 Å². The van der Waals surface area contributed by atoms with E-state index >= 15 is 0 Å². The van der Waals surface area contributed by atoms with Gasteiger partial charge in [-0.25, -0.2) is 4.98 Å². The Hall–Kier alpha value is -0.870. The first kappa shape index (κ1) is 11.2. The van der Waals surface area contributed by atoms with Gasteiger partial charge < -0.3 is 0 Å². The van der Waals surface area contributed by atoms with Crippen molar-refractivity contribution >= 4 is 16.3 Å². The SMILES string of the molecule is Cc1sc2nc3c(n2c1C)CN(C(C)C)CC3. The van der Waals surface area contributed by atoms with Crippen molar-refractivity contribution in [3.05, 3.63) is 22.0 Å². The third-order valence-electron chi connectivity index (χ3n) is 3.83. The average molecular weight is 249 g/mol. The third-order valence-corrected chi connectivity index (χ3v) is 4.89. The number of hydrogen-bond acceptors (Lipinski definition) is 3. The van der Waals surface area contributed by atoms with Crippen LogP contribution in [0.2, 0.25) is 0 Å². The first-order valence-electron chi connectivity index (χ1n) is 6.28. The predicted molar refractivity (Wildman–Crippen MR) is 71.8 cm³/mol. The van der Waals surface area contributed by atoms with Gasteiger partial charge in [-0.05, 0) is 27.7 Å². The number of aryl methyl sites for hydroxylation is 2. The summed E-state index contributed by atoms with van der Waals surface area (Å²) in [5, 5.41) is 0. The first-order chi connectivity index (χ1) is 8.08. The molecule has 3 nitrogen and oxygen atoms in total. The summed E-state index contributed by atoms with van der Waals surface area (Å²) in [6.45, 7) is 11.1. The molecule has 1 aliphatic rings. The van der Waals surface area contributed by atoms with E-state index in [-0.39, 0.29) is 0 Å². The van der Waals surface area contributed by atoms with Crippen LogP contribution in [0.15, 0.2) is 0 Å². The largest absolute Gasteiger partial charge is 0.295 e. The van der Waals surface area contributed by atoms with Crippen molar-refractivity contribution in [2.45, 2.75) is 46.7 Å². The van der Waals surface area contributed by atoms with Crippen LogP contribution in [-0.4, -0.2) is 26.9 Å². The minimum atomic E-state index is 0.619. The maximum Gasteiger partial charge on any atom is 0.194 e. The Morgan fingerprint density at radius 1 is 1.29 bits per heavy atom. The minimum absolute atomic E-state index is 0.619. The van der Waals surface area contributed by atoms with Crippen LogP contribution in [0.1, 0.15) is 35.8 Å². The molecule has 2 aromatic heterocycles. The molecular weight excluding hydrogens is 230 g/mol. The molecule has 2 aromatic rings. The van der Waals surface area contributed by atoms with Gasteiger partial charge >= 0.3 is 0 Å². The second-order valence-electron chi connectivity index (χ2n) is 5.18. The Morgan fingerprint density at radius 3 is 2.76 bits per heavy atom. The molecule has 4 heteroatoms. The molecule has 0 fully saturated rings. The summed E-state index contributed by atoms with van der Waals surface area (Å²) in [4.78, 5) is 9.88. The Morgan fingerprint density at radius 2 is 2.06 bits per heavy atom. The van der Waals surface area contributed by atoms with E-state index in [1.165, 1.54) is 26.9 Å². The Labute approximate surface area is 106 Å². The summed E-state index contributed by atoms with van der Waals surface area (Å²) in [5.41, 5.74) is 4.10. The van der Waals surface area contributed by atoms with Crippen LogP contribution in [-0.2, 0) is 13.0 Å². The highest BCUT2D eigenvalue weighted by Crippen LogP contribution is 2.28. The quantitative estimate of drug-likeness (QED) is 0.774. The molecule has 3 rings (SSSR count). The monoisotopic (exact) mass is 249 g/mol. The zero-order valence-electron chi connectivity index (χ0n) is 10.9. The van der Waals surface area contributed by atoms with E-state index in [0.717, 1.165) is 19.5 Å². The summed E-state index contributed by atoms with van der Waals surface area (Å²) in [6.07, 6.45) is 1.10. The minimum Gasteiger partial charge on any atom is -0.295 e. The normalized spacial score (nSPS) is 17.0. The van der Waals surface area contributed by atoms with E-state index < -0.39 is 0 Å². The second kappa shape index (κ2) is 3.82. The van der Waals surface area contributed by atoms with E-state index in [1.54, 1.807) is 0 Å². The maximum absolute atomic E-state index is 4.78. The van der Waals surface area contributed by atoms with Gasteiger partial charge in [0.05, 0.1) is 11.4 Å². The van der Waals surface area contributed by atoms with Crippen LogP contribution < -0.4 is 0 Å². The number of imidazole rings is 1. The molecule has 17 heavy (non-hydrogen) atoms. The molecule has 0 saturated heterocycles. The summed E-state index contributed by atoms with van der Waals surface area (Å²) >= 11 is 1.82. The van der Waals surface area contributed by atoms with E-state index in [0.29, 0.717) is 6.04 Å². The van der Waals surface area contributed by atoms with Gasteiger partial charge in [-0.15, -0.1) is 11.3 Å². The standard InChI is InChI=1S/C13H19N3S/c1-8(2)15-6-5-11-12(7-15)16-9(3)10(4)17-13(16)14-11/h8H,5-7H2,1-4H3. The molecule has 0 unspecified atom stereocenters. The van der Waals surface area contributed by atoms with E-state index in [9.17, 15) is 0 Å². The molecule has 0 aromatic carbocycles. The molecule has 0 amide bonds. The molecule has 0 saturated carbocycles. The maximum atomic E-state index is 4.78. The van der Waals surface area contributed by atoms with Gasteiger partial charge in [-0.1, -0.05) is 0 Å². The summed E-state index contributed by atoms with van der Waals surface area (Å²) in [6, 6.07) is 0.619. The zero-order chi connectivity index (χ0) is 12.2. The van der Waals surface area contributed by atoms with Crippen molar-refractivity contribution in [2.75, 3.05) is 6.54 Å². The number of rotatable bonds is 1.